The predicted molar refractivity (Wildman–Crippen MR) is 103 cm³/mol. The van der Waals surface area contributed by atoms with E-state index in [0.717, 1.165) is 30.9 Å². The molecule has 0 spiro atoms. The summed E-state index contributed by atoms with van der Waals surface area (Å²) in [6.07, 6.45) is -0.310. The van der Waals surface area contributed by atoms with Crippen molar-refractivity contribution in [1.29, 1.82) is 0 Å². The number of rotatable bonds is 10. The molecule has 0 saturated heterocycles. The molecule has 0 fully saturated rings. The molecule has 0 saturated carbocycles. The maximum absolute atomic E-state index is 9.15. The lowest BCUT2D eigenvalue weighted by Crippen LogP contribution is -2.31. The third-order valence-corrected chi connectivity index (χ3v) is 4.17. The lowest BCUT2D eigenvalue weighted by atomic mass is 10.2. The smallest absolute Gasteiger partial charge is 0.119 e. The Hall–Kier alpha value is -1.30. The van der Waals surface area contributed by atoms with Crippen molar-refractivity contribution in [2.24, 2.45) is 0 Å². The van der Waals surface area contributed by atoms with Crippen LogP contribution in [0.1, 0.15) is 18.1 Å². The van der Waals surface area contributed by atoms with Crippen molar-refractivity contribution in [1.82, 2.24) is 10.6 Å². The van der Waals surface area contributed by atoms with E-state index in [1.165, 1.54) is 5.56 Å². The van der Waals surface area contributed by atoms with Crippen LogP contribution in [0.3, 0.4) is 0 Å². The van der Waals surface area contributed by atoms with Gasteiger partial charge in [0.25, 0.3) is 0 Å². The van der Waals surface area contributed by atoms with Crippen molar-refractivity contribution in [2.75, 3.05) is 19.6 Å². The highest BCUT2D eigenvalue weighted by Crippen LogP contribution is 2.22. The molecule has 6 heteroatoms. The summed E-state index contributed by atoms with van der Waals surface area (Å²) >= 11 is 12.0. The minimum atomic E-state index is -0.310. The van der Waals surface area contributed by atoms with E-state index in [4.69, 9.17) is 33.0 Å². The molecule has 2 rings (SSSR count). The monoisotopic (exact) mass is 382 g/mol. The van der Waals surface area contributed by atoms with Gasteiger partial charge in [0.2, 0.25) is 0 Å². The van der Waals surface area contributed by atoms with Gasteiger partial charge in [0, 0.05) is 41.8 Å². The van der Waals surface area contributed by atoms with Gasteiger partial charge in [0.1, 0.15) is 12.4 Å². The van der Waals surface area contributed by atoms with Crippen LogP contribution >= 0.6 is 23.2 Å². The molecule has 4 nitrogen and oxygen atoms in total. The zero-order chi connectivity index (χ0) is 18.1. The van der Waals surface area contributed by atoms with Gasteiger partial charge in [-0.1, -0.05) is 41.4 Å². The summed E-state index contributed by atoms with van der Waals surface area (Å²) in [5.41, 5.74) is 2.09. The number of halogens is 2. The van der Waals surface area contributed by atoms with Gasteiger partial charge >= 0.3 is 0 Å². The molecule has 0 aliphatic rings. The molecule has 2 aromatic rings. The van der Waals surface area contributed by atoms with Crippen LogP contribution in [0.25, 0.3) is 0 Å². The van der Waals surface area contributed by atoms with Gasteiger partial charge in [-0.2, -0.15) is 0 Å². The SMILES string of the molecule is C[C@@H](O)CNCCNCc1ccc(OCc2ccc(Cl)cc2Cl)cc1. The first-order valence-electron chi connectivity index (χ1n) is 8.30. The summed E-state index contributed by atoms with van der Waals surface area (Å²) in [5.74, 6) is 0.799. The zero-order valence-corrected chi connectivity index (χ0v) is 15.8. The third kappa shape index (κ3) is 7.63. The van der Waals surface area contributed by atoms with Crippen LogP contribution in [0.15, 0.2) is 42.5 Å². The van der Waals surface area contributed by atoms with E-state index in [0.29, 0.717) is 23.2 Å². The number of aliphatic hydroxyl groups is 1. The number of ether oxygens (including phenoxy) is 1. The van der Waals surface area contributed by atoms with Gasteiger partial charge in [0.15, 0.2) is 0 Å². The standard InChI is InChI=1S/C19H24Cl2N2O2/c1-14(24)11-22-8-9-23-12-15-2-6-18(7-3-15)25-13-16-4-5-17(20)10-19(16)21/h2-7,10,14,22-24H,8-9,11-13H2,1H3/t14-/m1/s1. The highest BCUT2D eigenvalue weighted by molar-refractivity contribution is 6.35. The van der Waals surface area contributed by atoms with Crippen LogP contribution in [0.5, 0.6) is 5.75 Å². The molecule has 0 radical (unpaired) electrons. The molecular formula is C19H24Cl2N2O2. The van der Waals surface area contributed by atoms with Gasteiger partial charge < -0.3 is 20.5 Å². The maximum atomic E-state index is 9.15. The summed E-state index contributed by atoms with van der Waals surface area (Å²) in [4.78, 5) is 0. The quantitative estimate of drug-likeness (QED) is 0.549. The van der Waals surface area contributed by atoms with E-state index in [1.807, 2.05) is 30.3 Å². The minimum Gasteiger partial charge on any atom is -0.489 e. The largest absolute Gasteiger partial charge is 0.489 e. The second-order valence-electron chi connectivity index (χ2n) is 5.90. The number of benzene rings is 2. The summed E-state index contributed by atoms with van der Waals surface area (Å²) in [6, 6.07) is 13.4. The summed E-state index contributed by atoms with van der Waals surface area (Å²) < 4.78 is 5.77. The Balaban J connectivity index is 1.70. The molecule has 0 unspecified atom stereocenters. The molecule has 0 heterocycles. The second kappa shape index (κ2) is 10.6. The molecule has 0 bridgehead atoms. The molecule has 0 aromatic heterocycles. The van der Waals surface area contributed by atoms with Gasteiger partial charge in [-0.05, 0) is 36.8 Å². The summed E-state index contributed by atoms with van der Waals surface area (Å²) in [7, 11) is 0. The fraction of sp³-hybridized carbons (Fsp3) is 0.368. The Labute approximate surface area is 159 Å². The van der Waals surface area contributed by atoms with Crippen LogP contribution in [-0.2, 0) is 13.2 Å². The highest BCUT2D eigenvalue weighted by Gasteiger charge is 2.03. The molecule has 25 heavy (non-hydrogen) atoms. The first-order valence-corrected chi connectivity index (χ1v) is 9.05. The molecular weight excluding hydrogens is 359 g/mol. The number of hydrogen-bond acceptors (Lipinski definition) is 4. The lowest BCUT2D eigenvalue weighted by molar-refractivity contribution is 0.191. The van der Waals surface area contributed by atoms with Crippen molar-refractivity contribution in [3.8, 4) is 5.75 Å². The number of nitrogens with one attached hydrogen (secondary N) is 2. The first kappa shape index (κ1) is 20.0. The fourth-order valence-electron chi connectivity index (χ4n) is 2.22. The van der Waals surface area contributed by atoms with Gasteiger partial charge in [-0.15, -0.1) is 0 Å². The Morgan fingerprint density at radius 1 is 1.04 bits per heavy atom. The van der Waals surface area contributed by atoms with Crippen molar-refractivity contribution in [2.45, 2.75) is 26.2 Å². The van der Waals surface area contributed by atoms with Crippen molar-refractivity contribution in [3.05, 3.63) is 63.6 Å². The van der Waals surface area contributed by atoms with Crippen molar-refractivity contribution < 1.29 is 9.84 Å². The Kier molecular flexibility index (Phi) is 8.52. The molecule has 0 aliphatic heterocycles. The molecule has 0 aliphatic carbocycles. The van der Waals surface area contributed by atoms with Crippen molar-refractivity contribution in [3.63, 3.8) is 0 Å². The minimum absolute atomic E-state index is 0.310. The molecule has 3 N–H and O–H groups in total. The summed E-state index contributed by atoms with van der Waals surface area (Å²) in [5, 5.41) is 16.9. The highest BCUT2D eigenvalue weighted by atomic mass is 35.5. The van der Waals surface area contributed by atoms with Gasteiger partial charge in [0.05, 0.1) is 6.10 Å². The molecule has 2 aromatic carbocycles. The topological polar surface area (TPSA) is 53.5 Å². The number of aliphatic hydroxyl groups excluding tert-OH is 1. The summed E-state index contributed by atoms with van der Waals surface area (Å²) in [6.45, 7) is 5.26. The van der Waals surface area contributed by atoms with E-state index in [1.54, 1.807) is 19.1 Å². The second-order valence-corrected chi connectivity index (χ2v) is 6.74. The van der Waals surface area contributed by atoms with Gasteiger partial charge in [-0.3, -0.25) is 0 Å². The van der Waals surface area contributed by atoms with Crippen LogP contribution in [-0.4, -0.2) is 30.8 Å². The van der Waals surface area contributed by atoms with Crippen molar-refractivity contribution >= 4 is 23.2 Å². The maximum Gasteiger partial charge on any atom is 0.119 e. The average Bonchev–Trinajstić information content (AvgIpc) is 2.58. The average molecular weight is 383 g/mol. The van der Waals surface area contributed by atoms with Crippen LogP contribution < -0.4 is 15.4 Å². The molecule has 136 valence electrons. The normalized spacial score (nSPS) is 12.2. The zero-order valence-electron chi connectivity index (χ0n) is 14.3. The molecule has 0 amide bonds. The fourth-order valence-corrected chi connectivity index (χ4v) is 2.69. The van der Waals surface area contributed by atoms with E-state index >= 15 is 0 Å². The third-order valence-electron chi connectivity index (χ3n) is 3.58. The Morgan fingerprint density at radius 3 is 2.44 bits per heavy atom. The Morgan fingerprint density at radius 2 is 1.76 bits per heavy atom. The predicted octanol–water partition coefficient (Wildman–Crippen LogP) is 3.63. The van der Waals surface area contributed by atoms with E-state index in [-0.39, 0.29) is 6.10 Å². The first-order chi connectivity index (χ1) is 12.0. The van der Waals surface area contributed by atoms with E-state index in [9.17, 15) is 0 Å². The number of hydrogen-bond donors (Lipinski definition) is 3. The van der Waals surface area contributed by atoms with Crippen LogP contribution in [0.2, 0.25) is 10.0 Å². The van der Waals surface area contributed by atoms with Crippen LogP contribution in [0, 0.1) is 0 Å². The molecule has 1 atom stereocenters. The Bertz CT molecular complexity index is 648. The van der Waals surface area contributed by atoms with E-state index < -0.39 is 0 Å². The van der Waals surface area contributed by atoms with E-state index in [2.05, 4.69) is 10.6 Å². The van der Waals surface area contributed by atoms with Crippen LogP contribution in [0.4, 0.5) is 0 Å². The lowest BCUT2D eigenvalue weighted by Gasteiger charge is -2.10. The van der Waals surface area contributed by atoms with Gasteiger partial charge in [-0.25, -0.2) is 0 Å².